The van der Waals surface area contributed by atoms with E-state index in [1.54, 1.807) is 23.0 Å². The molecular weight excluding hydrogens is 531 g/mol. The van der Waals surface area contributed by atoms with Crippen molar-refractivity contribution in [1.82, 2.24) is 20.1 Å². The van der Waals surface area contributed by atoms with Crippen molar-refractivity contribution in [2.75, 3.05) is 7.05 Å². The molecule has 0 unspecified atom stereocenters. The molecule has 0 saturated carbocycles. The van der Waals surface area contributed by atoms with Crippen LogP contribution in [-0.4, -0.2) is 33.5 Å². The number of carbonyl (C=O) groups excluding carboxylic acids is 2. The van der Waals surface area contributed by atoms with Crippen LogP contribution < -0.4 is 5.32 Å². The van der Waals surface area contributed by atoms with Crippen LogP contribution in [0.2, 0.25) is 0 Å². The Labute approximate surface area is 234 Å². The van der Waals surface area contributed by atoms with E-state index in [1.165, 1.54) is 37.4 Å². The van der Waals surface area contributed by atoms with Crippen molar-refractivity contribution >= 4 is 11.7 Å². The third kappa shape index (κ3) is 5.89. The Hall–Kier alpha value is -4.78. The van der Waals surface area contributed by atoms with Gasteiger partial charge in [0, 0.05) is 48.5 Å². The van der Waals surface area contributed by atoms with Crippen molar-refractivity contribution in [2.24, 2.45) is 0 Å². The molecule has 0 bridgehead atoms. The van der Waals surface area contributed by atoms with Gasteiger partial charge >= 0.3 is 0 Å². The van der Waals surface area contributed by atoms with Crippen LogP contribution in [-0.2, 0) is 30.6 Å². The molecule has 1 atom stereocenters. The van der Waals surface area contributed by atoms with Crippen LogP contribution in [0, 0.1) is 28.8 Å². The van der Waals surface area contributed by atoms with E-state index < -0.39 is 29.3 Å². The highest BCUT2D eigenvalue weighted by Crippen LogP contribution is 2.34. The Morgan fingerprint density at radius 1 is 1.10 bits per heavy atom. The zero-order valence-electron chi connectivity index (χ0n) is 22.3. The molecule has 2 heterocycles. The Morgan fingerprint density at radius 2 is 1.88 bits per heavy atom. The Bertz CT molecular complexity index is 1670. The van der Waals surface area contributed by atoms with Gasteiger partial charge in [0.15, 0.2) is 11.5 Å². The number of hydrogen-bond donors (Lipinski definition) is 1. The second kappa shape index (κ2) is 11.8. The van der Waals surface area contributed by atoms with Gasteiger partial charge in [-0.1, -0.05) is 12.1 Å². The minimum Gasteiger partial charge on any atom is -0.355 e. The number of hydrogen-bond acceptors (Lipinski definition) is 5. The number of nitrogens with zero attached hydrogens (tertiary/aromatic N) is 4. The summed E-state index contributed by atoms with van der Waals surface area (Å²) < 4.78 is 44.2. The number of nitrogens with one attached hydrogen (secondary N) is 1. The van der Waals surface area contributed by atoms with Crippen LogP contribution in [0.4, 0.5) is 13.2 Å². The van der Waals surface area contributed by atoms with Crippen molar-refractivity contribution in [2.45, 2.75) is 44.6 Å². The zero-order valence-corrected chi connectivity index (χ0v) is 22.3. The van der Waals surface area contributed by atoms with Crippen LogP contribution in [0.3, 0.4) is 0 Å². The summed E-state index contributed by atoms with van der Waals surface area (Å²) >= 11 is 0. The summed E-state index contributed by atoms with van der Waals surface area (Å²) in [5.41, 5.74) is 3.79. The van der Waals surface area contributed by atoms with Gasteiger partial charge in [0.25, 0.3) is 5.91 Å². The fourth-order valence-electron chi connectivity index (χ4n) is 5.50. The summed E-state index contributed by atoms with van der Waals surface area (Å²) in [5.74, 6) is -3.58. The topological polar surface area (TPSA) is 101 Å². The number of nitriles is 1. The predicted octanol–water partition coefficient (Wildman–Crippen LogP) is 5.07. The lowest BCUT2D eigenvalue weighted by molar-refractivity contribution is -0.120. The molecule has 1 N–H and O–H groups in total. The van der Waals surface area contributed by atoms with Gasteiger partial charge < -0.3 is 5.32 Å². The number of carbonyl (C=O) groups is 2. The van der Waals surface area contributed by atoms with Gasteiger partial charge in [0.1, 0.15) is 23.5 Å². The standard InChI is InChI=1S/C31H26F3N5O2/c1-36-31(41)26-14-19(7-8-27(26)34)24-5-3-9-37-30(24)20(10-18-11-21(32)15-22(33)12-18)13-23(40)17-39-29-6-2-4-25(29)28(16-35)38-39/h3,5,7-9,11-12,14-15,20H,2,4,6,10,13,17H2,1H3,(H,36,41)/t20-/m1/s1. The first-order valence-electron chi connectivity index (χ1n) is 13.2. The second-order valence-corrected chi connectivity index (χ2v) is 10.0. The van der Waals surface area contributed by atoms with E-state index in [0.717, 1.165) is 36.6 Å². The summed E-state index contributed by atoms with van der Waals surface area (Å²) in [4.78, 5) is 30.3. The van der Waals surface area contributed by atoms with E-state index in [0.29, 0.717) is 28.1 Å². The van der Waals surface area contributed by atoms with Crippen molar-refractivity contribution in [1.29, 1.82) is 5.26 Å². The van der Waals surface area contributed by atoms with Crippen LogP contribution >= 0.6 is 0 Å². The summed E-state index contributed by atoms with van der Waals surface area (Å²) in [6.07, 6.45) is 3.96. The van der Waals surface area contributed by atoms with E-state index in [2.05, 4.69) is 21.5 Å². The van der Waals surface area contributed by atoms with Crippen LogP contribution in [0.25, 0.3) is 11.1 Å². The molecular formula is C31H26F3N5O2. The van der Waals surface area contributed by atoms with Crippen molar-refractivity contribution in [3.63, 3.8) is 0 Å². The molecule has 0 radical (unpaired) electrons. The molecule has 0 aliphatic heterocycles. The fourth-order valence-corrected chi connectivity index (χ4v) is 5.50. The average molecular weight is 558 g/mol. The monoisotopic (exact) mass is 557 g/mol. The minimum absolute atomic E-state index is 0.0395. The van der Waals surface area contributed by atoms with E-state index in [9.17, 15) is 28.0 Å². The lowest BCUT2D eigenvalue weighted by Gasteiger charge is -2.20. The Balaban J connectivity index is 1.52. The predicted molar refractivity (Wildman–Crippen MR) is 144 cm³/mol. The van der Waals surface area contributed by atoms with Gasteiger partial charge in [-0.05, 0) is 67.1 Å². The van der Waals surface area contributed by atoms with Gasteiger partial charge in [-0.15, -0.1) is 0 Å². The van der Waals surface area contributed by atoms with Crippen LogP contribution in [0.5, 0.6) is 0 Å². The molecule has 0 saturated heterocycles. The lowest BCUT2D eigenvalue weighted by Crippen LogP contribution is -2.20. The maximum Gasteiger partial charge on any atom is 0.254 e. The van der Waals surface area contributed by atoms with Crippen molar-refractivity contribution < 1.29 is 22.8 Å². The molecule has 2 aromatic heterocycles. The van der Waals surface area contributed by atoms with Crippen molar-refractivity contribution in [3.8, 4) is 17.2 Å². The van der Waals surface area contributed by atoms with E-state index >= 15 is 0 Å². The highest BCUT2D eigenvalue weighted by Gasteiger charge is 2.26. The third-order valence-corrected chi connectivity index (χ3v) is 7.29. The average Bonchev–Trinajstić information content (AvgIpc) is 3.56. The quantitative estimate of drug-likeness (QED) is 0.310. The highest BCUT2D eigenvalue weighted by atomic mass is 19.1. The van der Waals surface area contributed by atoms with Crippen molar-refractivity contribution in [3.05, 3.63) is 106 Å². The first-order chi connectivity index (χ1) is 19.8. The fraction of sp³-hybridized carbons (Fsp3) is 0.258. The van der Waals surface area contributed by atoms with Crippen LogP contribution in [0.15, 0.2) is 54.7 Å². The SMILES string of the molecule is CNC(=O)c1cc(-c2cccnc2[C@@H](CC(=O)Cn2nc(C#N)c3c2CCC3)Cc2cc(F)cc(F)c2)ccc1F. The molecule has 5 rings (SSSR count). The highest BCUT2D eigenvalue weighted by molar-refractivity contribution is 5.95. The third-order valence-electron chi connectivity index (χ3n) is 7.29. The molecule has 41 heavy (non-hydrogen) atoms. The van der Waals surface area contributed by atoms with Crippen LogP contribution in [0.1, 0.15) is 57.3 Å². The van der Waals surface area contributed by atoms with Gasteiger partial charge in [-0.3, -0.25) is 19.3 Å². The molecule has 1 amide bonds. The van der Waals surface area contributed by atoms with Gasteiger partial charge in [0.05, 0.1) is 17.8 Å². The molecule has 0 spiro atoms. The molecule has 1 aliphatic carbocycles. The Morgan fingerprint density at radius 3 is 2.61 bits per heavy atom. The maximum atomic E-state index is 14.4. The number of benzene rings is 2. The number of pyridine rings is 1. The molecule has 10 heteroatoms. The molecule has 4 aromatic rings. The number of Topliss-reactive ketones (excluding diaryl/α,β-unsaturated/α-hetero) is 1. The van der Waals surface area contributed by atoms with E-state index in [4.69, 9.17) is 0 Å². The molecule has 0 fully saturated rings. The number of fused-ring (bicyclic) bond motifs is 1. The largest absolute Gasteiger partial charge is 0.355 e. The van der Waals surface area contributed by atoms with E-state index in [1.807, 2.05) is 0 Å². The maximum absolute atomic E-state index is 14.4. The molecule has 7 nitrogen and oxygen atoms in total. The second-order valence-electron chi connectivity index (χ2n) is 10.0. The molecule has 208 valence electrons. The summed E-state index contributed by atoms with van der Waals surface area (Å²) in [6, 6.07) is 12.8. The normalized spacial score (nSPS) is 13.0. The molecule has 1 aliphatic rings. The number of halogens is 3. The number of rotatable bonds is 9. The lowest BCUT2D eigenvalue weighted by atomic mass is 9.86. The Kier molecular flexibility index (Phi) is 7.97. The number of amides is 1. The first-order valence-corrected chi connectivity index (χ1v) is 13.2. The number of aromatic nitrogens is 3. The van der Waals surface area contributed by atoms with Gasteiger partial charge in [-0.25, -0.2) is 13.2 Å². The van der Waals surface area contributed by atoms with E-state index in [-0.39, 0.29) is 30.7 Å². The van der Waals surface area contributed by atoms with Gasteiger partial charge in [-0.2, -0.15) is 10.4 Å². The first kappa shape index (κ1) is 27.8. The summed E-state index contributed by atoms with van der Waals surface area (Å²) in [6.45, 7) is -0.0580. The summed E-state index contributed by atoms with van der Waals surface area (Å²) in [7, 11) is 1.40. The minimum atomic E-state index is -0.740. The smallest absolute Gasteiger partial charge is 0.254 e. The zero-order chi connectivity index (χ0) is 29.1. The number of ketones is 1. The summed E-state index contributed by atoms with van der Waals surface area (Å²) in [5, 5.41) is 16.2. The molecule has 2 aromatic carbocycles. The van der Waals surface area contributed by atoms with Gasteiger partial charge in [0.2, 0.25) is 0 Å².